The first-order chi connectivity index (χ1) is 16.7. The minimum atomic E-state index is -4.77. The Morgan fingerprint density at radius 1 is 0.943 bits per heavy atom. The molecule has 7 nitrogen and oxygen atoms in total. The molecule has 10 heteroatoms. The number of fused-ring (bicyclic) bond motifs is 1. The van der Waals surface area contributed by atoms with Crippen molar-refractivity contribution in [3.05, 3.63) is 83.9 Å². The quantitative estimate of drug-likeness (QED) is 0.551. The molecule has 3 atom stereocenters. The molecule has 3 aromatic carbocycles. The van der Waals surface area contributed by atoms with Crippen LogP contribution in [0, 0.1) is 5.92 Å². The number of phenols is 1. The standard InChI is InChI=1S/C25H19F3N2O5/c1-34-19-13-14(11-12-18(19)31)21-20-22(35-30(21)15-7-3-2-4-8-15)24(33)29(23(20)32)17-10-6-5-9-16(17)25(26,27)28/h2-13,20-22,31H,1H3/t20-,21+,22-/m0/s1. The van der Waals surface area contributed by atoms with E-state index in [0.717, 1.165) is 12.1 Å². The van der Waals surface area contributed by atoms with Crippen LogP contribution >= 0.6 is 0 Å². The van der Waals surface area contributed by atoms with Gasteiger partial charge in [-0.05, 0) is 42.0 Å². The molecule has 2 amide bonds. The summed E-state index contributed by atoms with van der Waals surface area (Å²) < 4.78 is 46.2. The molecule has 2 heterocycles. The average Bonchev–Trinajstić information content (AvgIpc) is 3.35. The van der Waals surface area contributed by atoms with Gasteiger partial charge in [0.05, 0.1) is 30.1 Å². The third kappa shape index (κ3) is 3.66. The molecule has 0 spiro atoms. The number of amides is 2. The van der Waals surface area contributed by atoms with Gasteiger partial charge in [-0.2, -0.15) is 13.2 Å². The van der Waals surface area contributed by atoms with E-state index in [-0.39, 0.29) is 11.5 Å². The monoisotopic (exact) mass is 484 g/mol. The fourth-order valence-corrected chi connectivity index (χ4v) is 4.58. The number of halogens is 3. The van der Waals surface area contributed by atoms with E-state index in [0.29, 0.717) is 16.2 Å². The first-order valence-corrected chi connectivity index (χ1v) is 10.6. The number of imide groups is 1. The van der Waals surface area contributed by atoms with Crippen LogP contribution in [0.4, 0.5) is 24.5 Å². The van der Waals surface area contributed by atoms with Crippen LogP contribution < -0.4 is 14.7 Å². The van der Waals surface area contributed by atoms with E-state index in [1.165, 1.54) is 36.4 Å². The number of hydrogen-bond donors (Lipinski definition) is 1. The summed E-state index contributed by atoms with van der Waals surface area (Å²) in [7, 11) is 1.36. The van der Waals surface area contributed by atoms with Gasteiger partial charge in [0, 0.05) is 0 Å². The lowest BCUT2D eigenvalue weighted by molar-refractivity contribution is -0.137. The van der Waals surface area contributed by atoms with Gasteiger partial charge in [0.2, 0.25) is 5.91 Å². The van der Waals surface area contributed by atoms with Crippen LogP contribution in [0.5, 0.6) is 11.5 Å². The molecule has 2 aliphatic rings. The average molecular weight is 484 g/mol. The van der Waals surface area contributed by atoms with Crippen molar-refractivity contribution in [2.24, 2.45) is 5.92 Å². The van der Waals surface area contributed by atoms with Crippen LogP contribution in [0.2, 0.25) is 0 Å². The van der Waals surface area contributed by atoms with Gasteiger partial charge < -0.3 is 9.84 Å². The molecule has 0 aromatic heterocycles. The number of anilines is 2. The summed E-state index contributed by atoms with van der Waals surface area (Å²) in [6, 6.07) is 16.7. The van der Waals surface area contributed by atoms with Gasteiger partial charge in [-0.1, -0.05) is 36.4 Å². The van der Waals surface area contributed by atoms with Crippen molar-refractivity contribution in [2.75, 3.05) is 17.1 Å². The fourth-order valence-electron chi connectivity index (χ4n) is 4.58. The maximum absolute atomic E-state index is 13.7. The van der Waals surface area contributed by atoms with E-state index in [1.54, 1.807) is 36.4 Å². The molecule has 35 heavy (non-hydrogen) atoms. The molecule has 3 aromatic rings. The highest BCUT2D eigenvalue weighted by atomic mass is 19.4. The normalized spacial score (nSPS) is 22.0. The third-order valence-corrected chi connectivity index (χ3v) is 6.12. The van der Waals surface area contributed by atoms with E-state index >= 15 is 0 Å². The van der Waals surface area contributed by atoms with E-state index in [2.05, 4.69) is 0 Å². The van der Waals surface area contributed by atoms with Crippen molar-refractivity contribution < 1.29 is 37.4 Å². The molecule has 2 saturated heterocycles. The highest BCUT2D eigenvalue weighted by Gasteiger charge is 2.61. The minimum absolute atomic E-state index is 0.132. The molecule has 0 saturated carbocycles. The van der Waals surface area contributed by atoms with Gasteiger partial charge in [-0.3, -0.25) is 14.4 Å². The second-order valence-corrected chi connectivity index (χ2v) is 8.12. The smallest absolute Gasteiger partial charge is 0.418 e. The van der Waals surface area contributed by atoms with Crippen LogP contribution in [0.25, 0.3) is 0 Å². The maximum Gasteiger partial charge on any atom is 0.418 e. The lowest BCUT2D eigenvalue weighted by Crippen LogP contribution is -2.38. The van der Waals surface area contributed by atoms with E-state index in [9.17, 15) is 27.9 Å². The second kappa shape index (κ2) is 8.31. The number of para-hydroxylation sites is 2. The fraction of sp³-hybridized carbons (Fsp3) is 0.200. The maximum atomic E-state index is 13.7. The van der Waals surface area contributed by atoms with Crippen molar-refractivity contribution in [3.8, 4) is 11.5 Å². The molecule has 2 fully saturated rings. The number of rotatable bonds is 4. The summed E-state index contributed by atoms with van der Waals surface area (Å²) in [6.45, 7) is 0. The topological polar surface area (TPSA) is 79.3 Å². The van der Waals surface area contributed by atoms with Crippen molar-refractivity contribution in [3.63, 3.8) is 0 Å². The number of nitrogens with zero attached hydrogens (tertiary/aromatic N) is 2. The van der Waals surface area contributed by atoms with Crippen LogP contribution in [0.1, 0.15) is 17.2 Å². The predicted octanol–water partition coefficient (Wildman–Crippen LogP) is 4.47. The number of hydrogen-bond acceptors (Lipinski definition) is 6. The Labute approximate surface area is 197 Å². The van der Waals surface area contributed by atoms with Gasteiger partial charge in [0.1, 0.15) is 5.92 Å². The summed E-state index contributed by atoms with van der Waals surface area (Å²) in [5, 5.41) is 11.4. The zero-order valence-corrected chi connectivity index (χ0v) is 18.3. The Balaban J connectivity index is 1.62. The number of alkyl halides is 3. The lowest BCUT2D eigenvalue weighted by atomic mass is 9.90. The van der Waals surface area contributed by atoms with E-state index < -0.39 is 47.3 Å². The number of hydroxylamine groups is 1. The minimum Gasteiger partial charge on any atom is -0.504 e. The lowest BCUT2D eigenvalue weighted by Gasteiger charge is -2.29. The molecule has 5 rings (SSSR count). The van der Waals surface area contributed by atoms with Gasteiger partial charge in [0.25, 0.3) is 5.91 Å². The third-order valence-electron chi connectivity index (χ3n) is 6.12. The first-order valence-electron chi connectivity index (χ1n) is 10.6. The Kier molecular flexibility index (Phi) is 5.40. The zero-order chi connectivity index (χ0) is 24.9. The number of methoxy groups -OCH3 is 1. The molecule has 0 radical (unpaired) electrons. The number of carbonyl (C=O) groups is 2. The van der Waals surface area contributed by atoms with Crippen LogP contribution in [0.3, 0.4) is 0 Å². The number of ether oxygens (including phenoxy) is 1. The van der Waals surface area contributed by atoms with Gasteiger partial charge in [0.15, 0.2) is 17.6 Å². The van der Waals surface area contributed by atoms with E-state index in [4.69, 9.17) is 9.57 Å². The largest absolute Gasteiger partial charge is 0.504 e. The highest BCUT2D eigenvalue weighted by Crippen LogP contribution is 2.49. The molecule has 1 N–H and O–H groups in total. The van der Waals surface area contributed by atoms with Gasteiger partial charge in [-0.25, -0.2) is 9.96 Å². The van der Waals surface area contributed by atoms with Gasteiger partial charge in [-0.15, -0.1) is 0 Å². The SMILES string of the molecule is COc1cc([C@@H]2[C@@H]3C(=O)N(c4ccccc4C(F)(F)F)C(=O)[C@H]3ON2c2ccccc2)ccc1O. The summed E-state index contributed by atoms with van der Waals surface area (Å²) in [5.41, 5.74) is -0.615. The van der Waals surface area contributed by atoms with Crippen molar-refractivity contribution in [1.29, 1.82) is 0 Å². The van der Waals surface area contributed by atoms with Crippen LogP contribution in [-0.2, 0) is 20.6 Å². The Morgan fingerprint density at radius 2 is 1.63 bits per heavy atom. The zero-order valence-electron chi connectivity index (χ0n) is 18.3. The molecule has 0 aliphatic carbocycles. The number of phenolic OH excluding ortho intramolecular Hbond substituents is 1. The number of benzene rings is 3. The van der Waals surface area contributed by atoms with Crippen molar-refractivity contribution in [1.82, 2.24) is 0 Å². The second-order valence-electron chi connectivity index (χ2n) is 8.12. The molecular weight excluding hydrogens is 465 g/mol. The summed E-state index contributed by atoms with van der Waals surface area (Å²) in [5.74, 6) is -2.83. The summed E-state index contributed by atoms with van der Waals surface area (Å²) in [4.78, 5) is 33.4. The first kappa shape index (κ1) is 22.7. The Morgan fingerprint density at radius 3 is 2.31 bits per heavy atom. The molecule has 0 unspecified atom stereocenters. The van der Waals surface area contributed by atoms with Crippen molar-refractivity contribution >= 4 is 23.2 Å². The molecule has 180 valence electrons. The molecular formula is C25H19F3N2O5. The molecule has 2 aliphatic heterocycles. The van der Waals surface area contributed by atoms with Crippen molar-refractivity contribution in [2.45, 2.75) is 18.3 Å². The highest BCUT2D eigenvalue weighted by molar-refractivity contribution is 6.24. The van der Waals surface area contributed by atoms with Crippen LogP contribution in [0.15, 0.2) is 72.8 Å². The number of aromatic hydroxyl groups is 1. The molecule has 0 bridgehead atoms. The van der Waals surface area contributed by atoms with E-state index in [1.807, 2.05) is 0 Å². The summed E-state index contributed by atoms with van der Waals surface area (Å²) in [6.07, 6.45) is -6.11. The summed E-state index contributed by atoms with van der Waals surface area (Å²) >= 11 is 0. The number of carbonyl (C=O) groups excluding carboxylic acids is 2. The van der Waals surface area contributed by atoms with Gasteiger partial charge >= 0.3 is 6.18 Å². The predicted molar refractivity (Wildman–Crippen MR) is 119 cm³/mol. The Bertz CT molecular complexity index is 1300. The van der Waals surface area contributed by atoms with Crippen LogP contribution in [-0.4, -0.2) is 30.1 Å². The Hall–Kier alpha value is -4.05.